The van der Waals surface area contributed by atoms with Crippen LogP contribution in [0.1, 0.15) is 19.8 Å². The van der Waals surface area contributed by atoms with E-state index in [4.69, 9.17) is 5.73 Å². The number of alkyl halides is 3. The smallest absolute Gasteiger partial charge is 0.368 e. The standard InChI is InChI=1S/C11H13F3N2O2/c1-2-8(10(15)18)16-6-7(5-9(16)17)3-4-11(12,13)14/h7-8H,2,5-6H2,1H3,(H2,15,18)/t7?,8-/m0/s1. The minimum atomic E-state index is -4.57. The maximum Gasteiger partial charge on any atom is 0.457 e. The first kappa shape index (κ1) is 14.4. The van der Waals surface area contributed by atoms with Crippen molar-refractivity contribution in [2.45, 2.75) is 32.0 Å². The fourth-order valence-electron chi connectivity index (χ4n) is 1.89. The lowest BCUT2D eigenvalue weighted by atomic mass is 10.1. The number of carbonyl (C=O) groups is 2. The van der Waals surface area contributed by atoms with Crippen LogP contribution < -0.4 is 5.73 Å². The van der Waals surface area contributed by atoms with Gasteiger partial charge in [0.25, 0.3) is 0 Å². The molecule has 1 aliphatic heterocycles. The molecular formula is C11H13F3N2O2. The Kier molecular flexibility index (Phi) is 4.22. The van der Waals surface area contributed by atoms with E-state index in [9.17, 15) is 22.8 Å². The minimum absolute atomic E-state index is 0.0172. The molecule has 4 nitrogen and oxygen atoms in total. The summed E-state index contributed by atoms with van der Waals surface area (Å²) in [5, 5.41) is 0. The molecular weight excluding hydrogens is 249 g/mol. The summed E-state index contributed by atoms with van der Waals surface area (Å²) in [4.78, 5) is 23.9. The third-order valence-corrected chi connectivity index (χ3v) is 2.67. The summed E-state index contributed by atoms with van der Waals surface area (Å²) in [7, 11) is 0. The molecule has 1 rings (SSSR count). The van der Waals surface area contributed by atoms with E-state index in [1.165, 1.54) is 4.90 Å². The lowest BCUT2D eigenvalue weighted by molar-refractivity contribution is -0.136. The molecule has 1 aliphatic rings. The van der Waals surface area contributed by atoms with Crippen molar-refractivity contribution < 1.29 is 22.8 Å². The molecule has 2 atom stereocenters. The van der Waals surface area contributed by atoms with Crippen LogP contribution in [-0.2, 0) is 9.59 Å². The van der Waals surface area contributed by atoms with E-state index in [0.29, 0.717) is 6.42 Å². The van der Waals surface area contributed by atoms with Gasteiger partial charge in [-0.05, 0) is 6.42 Å². The van der Waals surface area contributed by atoms with Crippen molar-refractivity contribution in [3.63, 3.8) is 0 Å². The second kappa shape index (κ2) is 5.29. The summed E-state index contributed by atoms with van der Waals surface area (Å²) in [6.07, 6.45) is -4.34. The molecule has 0 spiro atoms. The van der Waals surface area contributed by atoms with Gasteiger partial charge in [0.15, 0.2) is 0 Å². The van der Waals surface area contributed by atoms with Gasteiger partial charge in [-0.2, -0.15) is 13.2 Å². The molecule has 0 aromatic rings. The monoisotopic (exact) mass is 262 g/mol. The van der Waals surface area contributed by atoms with Gasteiger partial charge < -0.3 is 10.6 Å². The molecule has 7 heteroatoms. The van der Waals surface area contributed by atoms with Crippen LogP contribution in [0, 0.1) is 17.8 Å². The molecule has 1 heterocycles. The molecule has 2 amide bonds. The first-order chi connectivity index (χ1) is 8.24. The van der Waals surface area contributed by atoms with Crippen LogP contribution in [-0.4, -0.2) is 35.5 Å². The molecule has 18 heavy (non-hydrogen) atoms. The number of hydrogen-bond acceptors (Lipinski definition) is 2. The number of nitrogens with zero attached hydrogens (tertiary/aromatic N) is 1. The summed E-state index contributed by atoms with van der Waals surface area (Å²) in [5.41, 5.74) is 5.13. The highest BCUT2D eigenvalue weighted by Crippen LogP contribution is 2.22. The third-order valence-electron chi connectivity index (χ3n) is 2.67. The van der Waals surface area contributed by atoms with E-state index < -0.39 is 24.0 Å². The number of carbonyl (C=O) groups excluding carboxylic acids is 2. The predicted octanol–water partition coefficient (Wildman–Crippen LogP) is 0.664. The van der Waals surface area contributed by atoms with Crippen LogP contribution in [0.3, 0.4) is 0 Å². The summed E-state index contributed by atoms with van der Waals surface area (Å²) in [6.45, 7) is 1.70. The zero-order valence-corrected chi connectivity index (χ0v) is 9.75. The third kappa shape index (κ3) is 3.65. The second-order valence-electron chi connectivity index (χ2n) is 4.04. The average Bonchev–Trinajstić information content (AvgIpc) is 2.57. The number of likely N-dealkylation sites (tertiary alicyclic amines) is 1. The maximum absolute atomic E-state index is 11.9. The molecule has 0 bridgehead atoms. The van der Waals surface area contributed by atoms with Crippen LogP contribution in [0.15, 0.2) is 0 Å². The Bertz CT molecular complexity index is 409. The number of rotatable bonds is 3. The predicted molar refractivity (Wildman–Crippen MR) is 56.9 cm³/mol. The van der Waals surface area contributed by atoms with Crippen molar-refractivity contribution in [1.29, 1.82) is 0 Å². The average molecular weight is 262 g/mol. The molecule has 1 saturated heterocycles. The quantitative estimate of drug-likeness (QED) is 0.760. The van der Waals surface area contributed by atoms with Gasteiger partial charge in [-0.3, -0.25) is 9.59 Å². The number of amides is 2. The van der Waals surface area contributed by atoms with Crippen molar-refractivity contribution in [2.75, 3.05) is 6.54 Å². The molecule has 0 saturated carbocycles. The van der Waals surface area contributed by atoms with Crippen LogP contribution in [0.25, 0.3) is 0 Å². The molecule has 0 radical (unpaired) electrons. The number of halogens is 3. The first-order valence-electron chi connectivity index (χ1n) is 5.42. The molecule has 1 unspecified atom stereocenters. The normalized spacial score (nSPS) is 21.4. The fourth-order valence-corrected chi connectivity index (χ4v) is 1.89. The van der Waals surface area contributed by atoms with E-state index in [1.807, 2.05) is 5.92 Å². The van der Waals surface area contributed by atoms with E-state index in [2.05, 4.69) is 0 Å². The molecule has 100 valence electrons. The van der Waals surface area contributed by atoms with E-state index >= 15 is 0 Å². The summed E-state index contributed by atoms with van der Waals surface area (Å²) >= 11 is 0. The van der Waals surface area contributed by atoms with Gasteiger partial charge in [-0.15, -0.1) is 0 Å². The van der Waals surface area contributed by atoms with Crippen LogP contribution in [0.2, 0.25) is 0 Å². The van der Waals surface area contributed by atoms with Crippen molar-refractivity contribution in [3.8, 4) is 11.8 Å². The Labute approximate surface area is 102 Å². The van der Waals surface area contributed by atoms with Gasteiger partial charge >= 0.3 is 6.18 Å². The van der Waals surface area contributed by atoms with Gasteiger partial charge in [-0.25, -0.2) is 0 Å². The van der Waals surface area contributed by atoms with Crippen LogP contribution in [0.5, 0.6) is 0 Å². The van der Waals surface area contributed by atoms with Crippen molar-refractivity contribution in [3.05, 3.63) is 0 Å². The lowest BCUT2D eigenvalue weighted by Crippen LogP contribution is -2.45. The molecule has 2 N–H and O–H groups in total. The largest absolute Gasteiger partial charge is 0.457 e. The number of nitrogens with two attached hydrogens (primary N) is 1. The van der Waals surface area contributed by atoms with Gasteiger partial charge in [0.2, 0.25) is 11.8 Å². The Morgan fingerprint density at radius 1 is 1.61 bits per heavy atom. The maximum atomic E-state index is 11.9. The van der Waals surface area contributed by atoms with Crippen molar-refractivity contribution in [1.82, 2.24) is 4.90 Å². The fraction of sp³-hybridized carbons (Fsp3) is 0.636. The highest BCUT2D eigenvalue weighted by Gasteiger charge is 2.35. The van der Waals surface area contributed by atoms with E-state index in [1.54, 1.807) is 6.92 Å². The van der Waals surface area contributed by atoms with Crippen molar-refractivity contribution >= 4 is 11.8 Å². The lowest BCUT2D eigenvalue weighted by Gasteiger charge is -2.23. The number of hydrogen-bond donors (Lipinski definition) is 1. The zero-order chi connectivity index (χ0) is 13.9. The van der Waals surface area contributed by atoms with Gasteiger partial charge in [-0.1, -0.05) is 12.8 Å². The van der Waals surface area contributed by atoms with E-state index in [0.717, 1.165) is 5.92 Å². The SMILES string of the molecule is CC[C@@H](C(N)=O)N1CC(C#CC(F)(F)F)CC1=O. The Morgan fingerprint density at radius 3 is 2.67 bits per heavy atom. The van der Waals surface area contributed by atoms with Crippen molar-refractivity contribution in [2.24, 2.45) is 11.7 Å². The van der Waals surface area contributed by atoms with Gasteiger partial charge in [0.1, 0.15) is 6.04 Å². The highest BCUT2D eigenvalue weighted by atomic mass is 19.4. The molecule has 0 aromatic carbocycles. The molecule has 1 fully saturated rings. The first-order valence-corrected chi connectivity index (χ1v) is 5.42. The summed E-state index contributed by atoms with van der Waals surface area (Å²) < 4.78 is 35.7. The molecule has 0 aliphatic carbocycles. The highest BCUT2D eigenvalue weighted by molar-refractivity contribution is 5.88. The summed E-state index contributed by atoms with van der Waals surface area (Å²) in [5.74, 6) is 1.41. The zero-order valence-electron chi connectivity index (χ0n) is 9.75. The minimum Gasteiger partial charge on any atom is -0.368 e. The van der Waals surface area contributed by atoms with Gasteiger partial charge in [0.05, 0.1) is 0 Å². The second-order valence-corrected chi connectivity index (χ2v) is 4.04. The van der Waals surface area contributed by atoms with E-state index in [-0.39, 0.29) is 18.9 Å². The summed E-state index contributed by atoms with van der Waals surface area (Å²) in [6, 6.07) is -0.768. The van der Waals surface area contributed by atoms with Gasteiger partial charge in [0, 0.05) is 24.8 Å². The Hall–Kier alpha value is -1.71. The van der Waals surface area contributed by atoms with Crippen LogP contribution in [0.4, 0.5) is 13.2 Å². The Balaban J connectivity index is 2.75. The topological polar surface area (TPSA) is 63.4 Å². The Morgan fingerprint density at radius 2 is 2.22 bits per heavy atom. The molecule has 0 aromatic heterocycles. The number of primary amides is 1. The van der Waals surface area contributed by atoms with Crippen LogP contribution >= 0.6 is 0 Å².